The summed E-state index contributed by atoms with van der Waals surface area (Å²) in [6.45, 7) is 5.67. The molecule has 4 nitrogen and oxygen atoms in total. The van der Waals surface area contributed by atoms with Crippen LogP contribution in [0.2, 0.25) is 0 Å². The molecule has 0 unspecified atom stereocenters. The molecule has 1 aliphatic heterocycles. The largest absolute Gasteiger partial charge is 0.493 e. The Morgan fingerprint density at radius 2 is 2.20 bits per heavy atom. The van der Waals surface area contributed by atoms with Crippen molar-refractivity contribution in [2.75, 3.05) is 19.7 Å². The number of benzene rings is 1. The van der Waals surface area contributed by atoms with Crippen LogP contribution >= 0.6 is 15.9 Å². The highest BCUT2D eigenvalue weighted by Crippen LogP contribution is 2.30. The van der Waals surface area contributed by atoms with Crippen LogP contribution in [0.25, 0.3) is 0 Å². The molecule has 1 atom stereocenters. The summed E-state index contributed by atoms with van der Waals surface area (Å²) in [5, 5.41) is 0. The molecule has 1 aliphatic rings. The predicted molar refractivity (Wildman–Crippen MR) is 82.5 cm³/mol. The minimum Gasteiger partial charge on any atom is -0.493 e. The first-order chi connectivity index (χ1) is 9.45. The molecule has 0 amide bonds. The number of hydrogen-bond donors (Lipinski definition) is 0. The summed E-state index contributed by atoms with van der Waals surface area (Å²) >= 11 is 3.37. The third-order valence-electron chi connectivity index (χ3n) is 3.46. The molecule has 6 heteroatoms. The van der Waals surface area contributed by atoms with E-state index >= 15 is 0 Å². The van der Waals surface area contributed by atoms with E-state index in [1.807, 2.05) is 6.92 Å². The van der Waals surface area contributed by atoms with E-state index in [9.17, 15) is 8.42 Å². The van der Waals surface area contributed by atoms with Crippen LogP contribution in [-0.4, -0.2) is 32.4 Å². The summed E-state index contributed by atoms with van der Waals surface area (Å²) < 4.78 is 33.1. The van der Waals surface area contributed by atoms with E-state index in [0.717, 1.165) is 17.3 Å². The van der Waals surface area contributed by atoms with Gasteiger partial charge in [-0.25, -0.2) is 8.42 Å². The van der Waals surface area contributed by atoms with Gasteiger partial charge in [-0.15, -0.1) is 0 Å². The van der Waals surface area contributed by atoms with E-state index in [-0.39, 0.29) is 0 Å². The fraction of sp³-hybridized carbons (Fsp3) is 0.571. The SMILES string of the molecule is CCOc1cc(S(=O)(=O)N2CCC[C@H](C)C2)ccc1Br. The maximum atomic E-state index is 12.7. The van der Waals surface area contributed by atoms with Crippen molar-refractivity contribution in [2.24, 2.45) is 5.92 Å². The quantitative estimate of drug-likeness (QED) is 0.826. The van der Waals surface area contributed by atoms with Gasteiger partial charge in [-0.05, 0) is 53.7 Å². The molecule has 112 valence electrons. The van der Waals surface area contributed by atoms with Crippen LogP contribution in [0.1, 0.15) is 26.7 Å². The lowest BCUT2D eigenvalue weighted by Gasteiger charge is -2.30. The van der Waals surface area contributed by atoms with Gasteiger partial charge in [0.05, 0.1) is 16.0 Å². The summed E-state index contributed by atoms with van der Waals surface area (Å²) in [6.07, 6.45) is 2.02. The standard InChI is InChI=1S/C14H20BrNO3S/c1-3-19-14-9-12(6-7-13(14)15)20(17,18)16-8-4-5-11(2)10-16/h6-7,9,11H,3-5,8,10H2,1-2H3/t11-/m0/s1. The van der Waals surface area contributed by atoms with E-state index in [4.69, 9.17) is 4.74 Å². The van der Waals surface area contributed by atoms with E-state index in [0.29, 0.717) is 36.3 Å². The summed E-state index contributed by atoms with van der Waals surface area (Å²) in [5.74, 6) is 0.985. The highest BCUT2D eigenvalue weighted by molar-refractivity contribution is 9.10. The van der Waals surface area contributed by atoms with Gasteiger partial charge in [-0.1, -0.05) is 6.92 Å². The van der Waals surface area contributed by atoms with Crippen LogP contribution in [-0.2, 0) is 10.0 Å². The Hall–Kier alpha value is -0.590. The lowest BCUT2D eigenvalue weighted by atomic mass is 10.0. The first-order valence-electron chi connectivity index (χ1n) is 6.87. The third kappa shape index (κ3) is 3.35. The second-order valence-corrected chi connectivity index (χ2v) is 7.93. The summed E-state index contributed by atoms with van der Waals surface area (Å²) in [4.78, 5) is 0.304. The topological polar surface area (TPSA) is 46.6 Å². The highest BCUT2D eigenvalue weighted by atomic mass is 79.9. The fourth-order valence-corrected chi connectivity index (χ4v) is 4.40. The van der Waals surface area contributed by atoms with Gasteiger partial charge in [0, 0.05) is 19.2 Å². The van der Waals surface area contributed by atoms with Gasteiger partial charge in [0.25, 0.3) is 0 Å². The van der Waals surface area contributed by atoms with Gasteiger partial charge in [0.2, 0.25) is 10.0 Å². The normalized spacial score (nSPS) is 20.9. The second-order valence-electron chi connectivity index (χ2n) is 5.14. The smallest absolute Gasteiger partial charge is 0.243 e. The maximum absolute atomic E-state index is 12.7. The predicted octanol–water partition coefficient (Wildman–Crippen LogP) is 3.27. The zero-order valence-electron chi connectivity index (χ0n) is 11.8. The molecule has 1 saturated heterocycles. The van der Waals surface area contributed by atoms with Crippen molar-refractivity contribution < 1.29 is 13.2 Å². The van der Waals surface area contributed by atoms with Crippen molar-refractivity contribution in [3.63, 3.8) is 0 Å². The first kappa shape index (κ1) is 15.8. The van der Waals surface area contributed by atoms with Crippen LogP contribution in [0.4, 0.5) is 0 Å². The van der Waals surface area contributed by atoms with Crippen LogP contribution in [0.3, 0.4) is 0 Å². The molecule has 0 aliphatic carbocycles. The monoisotopic (exact) mass is 361 g/mol. The van der Waals surface area contributed by atoms with Crippen LogP contribution in [0, 0.1) is 5.92 Å². The van der Waals surface area contributed by atoms with Crippen molar-refractivity contribution >= 4 is 26.0 Å². The van der Waals surface area contributed by atoms with E-state index < -0.39 is 10.0 Å². The molecule has 1 aromatic carbocycles. The average Bonchev–Trinajstić information content (AvgIpc) is 2.41. The zero-order chi connectivity index (χ0) is 14.8. The van der Waals surface area contributed by atoms with Crippen molar-refractivity contribution in [1.82, 2.24) is 4.31 Å². The molecular formula is C14H20BrNO3S. The number of sulfonamides is 1. The number of ether oxygens (including phenoxy) is 1. The van der Waals surface area contributed by atoms with Crippen molar-refractivity contribution in [3.8, 4) is 5.75 Å². The van der Waals surface area contributed by atoms with Crippen LogP contribution in [0.15, 0.2) is 27.6 Å². The Labute approximate surface area is 129 Å². The molecule has 1 heterocycles. The Morgan fingerprint density at radius 3 is 2.85 bits per heavy atom. The molecular weight excluding hydrogens is 342 g/mol. The Kier molecular flexibility index (Phi) is 5.09. The number of hydrogen-bond acceptors (Lipinski definition) is 3. The third-order valence-corrected chi connectivity index (χ3v) is 5.98. The van der Waals surface area contributed by atoms with Gasteiger partial charge in [0.15, 0.2) is 0 Å². The first-order valence-corrected chi connectivity index (χ1v) is 9.11. The number of rotatable bonds is 4. The summed E-state index contributed by atoms with van der Waals surface area (Å²) in [5.41, 5.74) is 0. The molecule has 2 rings (SSSR count). The van der Waals surface area contributed by atoms with Gasteiger partial charge < -0.3 is 4.74 Å². The second kappa shape index (κ2) is 6.45. The molecule has 0 N–H and O–H groups in total. The van der Waals surface area contributed by atoms with E-state index in [1.54, 1.807) is 22.5 Å². The molecule has 20 heavy (non-hydrogen) atoms. The summed E-state index contributed by atoms with van der Waals surface area (Å²) in [7, 11) is -3.42. The molecule has 0 bridgehead atoms. The maximum Gasteiger partial charge on any atom is 0.243 e. The number of nitrogens with zero attached hydrogens (tertiary/aromatic N) is 1. The van der Waals surface area contributed by atoms with E-state index in [2.05, 4.69) is 22.9 Å². The summed E-state index contributed by atoms with van der Waals surface area (Å²) in [6, 6.07) is 4.95. The fourth-order valence-electron chi connectivity index (χ4n) is 2.42. The lowest BCUT2D eigenvalue weighted by Crippen LogP contribution is -2.39. The van der Waals surface area contributed by atoms with Gasteiger partial charge in [0.1, 0.15) is 5.75 Å². The average molecular weight is 362 g/mol. The minimum absolute atomic E-state index is 0.304. The van der Waals surface area contributed by atoms with Gasteiger partial charge >= 0.3 is 0 Å². The molecule has 0 saturated carbocycles. The zero-order valence-corrected chi connectivity index (χ0v) is 14.2. The molecule has 1 aromatic rings. The highest BCUT2D eigenvalue weighted by Gasteiger charge is 2.29. The van der Waals surface area contributed by atoms with Gasteiger partial charge in [-0.3, -0.25) is 0 Å². The van der Waals surface area contributed by atoms with Crippen LogP contribution in [0.5, 0.6) is 5.75 Å². The molecule has 1 fully saturated rings. The molecule has 0 aromatic heterocycles. The Balaban J connectivity index is 2.31. The number of halogens is 1. The Morgan fingerprint density at radius 1 is 1.45 bits per heavy atom. The van der Waals surface area contributed by atoms with Gasteiger partial charge in [-0.2, -0.15) is 4.31 Å². The number of piperidine rings is 1. The molecule has 0 spiro atoms. The van der Waals surface area contributed by atoms with Crippen LogP contribution < -0.4 is 4.74 Å². The van der Waals surface area contributed by atoms with Crippen molar-refractivity contribution in [1.29, 1.82) is 0 Å². The lowest BCUT2D eigenvalue weighted by molar-refractivity contribution is 0.281. The minimum atomic E-state index is -3.42. The molecule has 0 radical (unpaired) electrons. The van der Waals surface area contributed by atoms with Crippen molar-refractivity contribution in [2.45, 2.75) is 31.6 Å². The Bertz CT molecular complexity index is 574. The van der Waals surface area contributed by atoms with Crippen molar-refractivity contribution in [3.05, 3.63) is 22.7 Å². The van der Waals surface area contributed by atoms with E-state index in [1.165, 1.54) is 0 Å².